The van der Waals surface area contributed by atoms with Crippen molar-refractivity contribution in [3.63, 3.8) is 0 Å². The summed E-state index contributed by atoms with van der Waals surface area (Å²) in [5, 5.41) is 12.2. The van der Waals surface area contributed by atoms with Gasteiger partial charge in [0.2, 0.25) is 11.8 Å². The highest BCUT2D eigenvalue weighted by Gasteiger charge is 2.30. The minimum atomic E-state index is -0.183. The predicted octanol–water partition coefficient (Wildman–Crippen LogP) is 3.67. The van der Waals surface area contributed by atoms with Gasteiger partial charge in [-0.25, -0.2) is 0 Å². The van der Waals surface area contributed by atoms with Gasteiger partial charge in [0.15, 0.2) is 5.16 Å². The van der Waals surface area contributed by atoms with Crippen molar-refractivity contribution in [3.05, 3.63) is 35.2 Å². The van der Waals surface area contributed by atoms with E-state index in [-0.39, 0.29) is 30.2 Å². The maximum Gasteiger partial charge on any atom is 0.244 e. The molecule has 1 heterocycles. The Balaban J connectivity index is 1.62. The van der Waals surface area contributed by atoms with E-state index >= 15 is 0 Å². The van der Waals surface area contributed by atoms with Crippen LogP contribution in [0, 0.1) is 13.8 Å². The molecule has 30 heavy (non-hydrogen) atoms. The lowest BCUT2D eigenvalue weighted by Gasteiger charge is -2.28. The lowest BCUT2D eigenvalue weighted by Crippen LogP contribution is -2.44. The van der Waals surface area contributed by atoms with Gasteiger partial charge in [-0.15, -0.1) is 10.2 Å². The van der Waals surface area contributed by atoms with Crippen molar-refractivity contribution >= 4 is 29.3 Å². The zero-order valence-corrected chi connectivity index (χ0v) is 19.3. The number of thioether (sulfide) groups is 1. The first-order valence-corrected chi connectivity index (χ1v) is 11.5. The molecule has 1 aromatic carbocycles. The number of benzene rings is 1. The van der Waals surface area contributed by atoms with Crippen LogP contribution in [-0.2, 0) is 16.6 Å². The molecule has 0 aliphatic heterocycles. The van der Waals surface area contributed by atoms with E-state index in [1.54, 1.807) is 4.90 Å². The first kappa shape index (κ1) is 22.3. The van der Waals surface area contributed by atoms with Gasteiger partial charge in [-0.05, 0) is 57.2 Å². The third kappa shape index (κ3) is 5.22. The van der Waals surface area contributed by atoms with Crippen LogP contribution in [0.1, 0.15) is 56.0 Å². The number of aryl methyl sites for hydroxylation is 1. The average Bonchev–Trinajstić information content (AvgIpc) is 3.50. The fourth-order valence-electron chi connectivity index (χ4n) is 3.30. The van der Waals surface area contributed by atoms with E-state index in [0.29, 0.717) is 5.92 Å². The first-order chi connectivity index (χ1) is 14.3. The van der Waals surface area contributed by atoms with Crippen LogP contribution in [0.4, 0.5) is 5.69 Å². The number of anilines is 1. The largest absolute Gasteiger partial charge is 0.330 e. The summed E-state index contributed by atoms with van der Waals surface area (Å²) in [6.45, 7) is 8.02. The third-order valence-electron chi connectivity index (χ3n) is 5.77. The fraction of sp³-hybridized carbons (Fsp3) is 0.545. The fourth-order valence-corrected chi connectivity index (χ4v) is 4.10. The molecule has 0 saturated heterocycles. The van der Waals surface area contributed by atoms with E-state index in [1.807, 2.05) is 57.5 Å². The maximum atomic E-state index is 13.0. The van der Waals surface area contributed by atoms with Gasteiger partial charge in [0, 0.05) is 24.7 Å². The Morgan fingerprint density at radius 3 is 2.70 bits per heavy atom. The summed E-state index contributed by atoms with van der Waals surface area (Å²) in [6, 6.07) is 5.79. The van der Waals surface area contributed by atoms with Crippen molar-refractivity contribution in [1.29, 1.82) is 0 Å². The number of carbonyl (C=O) groups is 2. The molecule has 1 aliphatic rings. The molecular weight excluding hydrogens is 398 g/mol. The molecule has 1 N–H and O–H groups in total. The highest BCUT2D eigenvalue weighted by Crippen LogP contribution is 2.39. The van der Waals surface area contributed by atoms with Crippen molar-refractivity contribution in [2.75, 3.05) is 17.6 Å². The molecule has 0 radical (unpaired) electrons. The Labute approximate surface area is 182 Å². The highest BCUT2D eigenvalue weighted by atomic mass is 32.2. The molecule has 7 nitrogen and oxygen atoms in total. The van der Waals surface area contributed by atoms with Gasteiger partial charge in [0.05, 0.1) is 5.75 Å². The lowest BCUT2D eigenvalue weighted by molar-refractivity contribution is -0.134. The molecule has 0 unspecified atom stereocenters. The summed E-state index contributed by atoms with van der Waals surface area (Å²) >= 11 is 1.38. The summed E-state index contributed by atoms with van der Waals surface area (Å²) < 4.78 is 1.98. The molecule has 1 aliphatic carbocycles. The molecule has 1 fully saturated rings. The van der Waals surface area contributed by atoms with Gasteiger partial charge in [-0.2, -0.15) is 0 Å². The molecule has 3 rings (SSSR count). The summed E-state index contributed by atoms with van der Waals surface area (Å²) in [6.07, 6.45) is 3.10. The van der Waals surface area contributed by atoms with E-state index in [2.05, 4.69) is 15.5 Å². The Morgan fingerprint density at radius 2 is 2.03 bits per heavy atom. The van der Waals surface area contributed by atoms with Crippen LogP contribution in [0.3, 0.4) is 0 Å². The summed E-state index contributed by atoms with van der Waals surface area (Å²) in [4.78, 5) is 27.3. The number of hydrogen-bond donors (Lipinski definition) is 1. The smallest absolute Gasteiger partial charge is 0.244 e. The summed E-state index contributed by atoms with van der Waals surface area (Å²) in [5.74, 6) is 1.49. The number of nitrogens with one attached hydrogen (secondary N) is 1. The van der Waals surface area contributed by atoms with Gasteiger partial charge in [-0.3, -0.25) is 9.59 Å². The number of carbonyl (C=O) groups excluding carboxylic acids is 2. The van der Waals surface area contributed by atoms with Gasteiger partial charge in [0.1, 0.15) is 12.4 Å². The quantitative estimate of drug-likeness (QED) is 0.615. The number of rotatable bonds is 9. The van der Waals surface area contributed by atoms with E-state index in [9.17, 15) is 9.59 Å². The van der Waals surface area contributed by atoms with Crippen molar-refractivity contribution < 1.29 is 9.59 Å². The van der Waals surface area contributed by atoms with E-state index in [0.717, 1.165) is 47.1 Å². The molecule has 0 bridgehead atoms. The zero-order valence-electron chi connectivity index (χ0n) is 18.4. The number of aromatic nitrogens is 3. The summed E-state index contributed by atoms with van der Waals surface area (Å²) in [5.41, 5.74) is 2.95. The average molecular weight is 430 g/mol. The standard InChI is InChI=1S/C22H31N5O2S/c1-6-15(3)27(12-19(28)23-18-9-7-8-14(2)16(18)4)20(29)13-30-22-25-24-21(26(22)5)17-10-11-17/h7-9,15,17H,6,10-13H2,1-5H3,(H,23,28)/t15-/m0/s1. The second-order valence-corrected chi connectivity index (χ2v) is 8.98. The van der Waals surface area contributed by atoms with Gasteiger partial charge >= 0.3 is 0 Å². The normalized spacial score (nSPS) is 14.4. The Kier molecular flexibility index (Phi) is 7.18. The van der Waals surface area contributed by atoms with Crippen LogP contribution in [0.25, 0.3) is 0 Å². The van der Waals surface area contributed by atoms with Crippen LogP contribution in [0.15, 0.2) is 23.4 Å². The molecule has 2 aromatic rings. The highest BCUT2D eigenvalue weighted by molar-refractivity contribution is 7.99. The van der Waals surface area contributed by atoms with E-state index in [1.165, 1.54) is 11.8 Å². The maximum absolute atomic E-state index is 13.0. The summed E-state index contributed by atoms with van der Waals surface area (Å²) in [7, 11) is 1.95. The SMILES string of the molecule is CC[C@H](C)N(CC(=O)Nc1cccc(C)c1C)C(=O)CSc1nnc(C2CC2)n1C. The van der Waals surface area contributed by atoms with Crippen LogP contribution in [-0.4, -0.2) is 49.8 Å². The minimum absolute atomic E-state index is 0.0241. The lowest BCUT2D eigenvalue weighted by atomic mass is 10.1. The molecule has 1 aromatic heterocycles. The molecule has 162 valence electrons. The second-order valence-electron chi connectivity index (χ2n) is 8.04. The van der Waals surface area contributed by atoms with Gasteiger partial charge < -0.3 is 14.8 Å². The van der Waals surface area contributed by atoms with Crippen LogP contribution < -0.4 is 5.32 Å². The molecule has 8 heteroatoms. The van der Waals surface area contributed by atoms with Crippen molar-refractivity contribution in [1.82, 2.24) is 19.7 Å². The molecular formula is C22H31N5O2S. The van der Waals surface area contributed by atoms with Crippen molar-refractivity contribution in [3.8, 4) is 0 Å². The van der Waals surface area contributed by atoms with Crippen LogP contribution in [0.5, 0.6) is 0 Å². The monoisotopic (exact) mass is 429 g/mol. The predicted molar refractivity (Wildman–Crippen MR) is 120 cm³/mol. The second kappa shape index (κ2) is 9.64. The zero-order chi connectivity index (χ0) is 21.8. The number of nitrogens with zero attached hydrogens (tertiary/aromatic N) is 4. The minimum Gasteiger partial charge on any atom is -0.330 e. The van der Waals surface area contributed by atoms with Gasteiger partial charge in [-0.1, -0.05) is 30.8 Å². The van der Waals surface area contributed by atoms with Crippen molar-refractivity contribution in [2.24, 2.45) is 7.05 Å². The molecule has 1 atom stereocenters. The molecule has 1 saturated carbocycles. The Morgan fingerprint density at radius 1 is 1.30 bits per heavy atom. The van der Waals surface area contributed by atoms with E-state index in [4.69, 9.17) is 0 Å². The number of hydrogen-bond acceptors (Lipinski definition) is 5. The van der Waals surface area contributed by atoms with Crippen LogP contribution in [0.2, 0.25) is 0 Å². The topological polar surface area (TPSA) is 80.1 Å². The third-order valence-corrected chi connectivity index (χ3v) is 6.78. The first-order valence-electron chi connectivity index (χ1n) is 10.5. The molecule has 2 amide bonds. The number of amides is 2. The van der Waals surface area contributed by atoms with Crippen LogP contribution >= 0.6 is 11.8 Å². The Hall–Kier alpha value is -2.35. The molecule has 0 spiro atoms. The Bertz CT molecular complexity index is 922. The van der Waals surface area contributed by atoms with E-state index < -0.39 is 0 Å². The van der Waals surface area contributed by atoms with Gasteiger partial charge in [0.25, 0.3) is 0 Å². The van der Waals surface area contributed by atoms with Crippen molar-refractivity contribution in [2.45, 2.75) is 64.1 Å².